The van der Waals surface area contributed by atoms with Gasteiger partial charge in [0.25, 0.3) is 0 Å². The molecule has 0 aliphatic heterocycles. The van der Waals surface area contributed by atoms with Crippen molar-refractivity contribution in [1.29, 1.82) is 0 Å². The minimum absolute atomic E-state index is 0. The van der Waals surface area contributed by atoms with Crippen molar-refractivity contribution in [2.24, 2.45) is 0 Å². The zero-order valence-corrected chi connectivity index (χ0v) is 9.73. The van der Waals surface area contributed by atoms with Crippen LogP contribution in [0.2, 0.25) is 0 Å². The number of rotatable bonds is 1. The van der Waals surface area contributed by atoms with Crippen molar-refractivity contribution in [3.05, 3.63) is 28.2 Å². The summed E-state index contributed by atoms with van der Waals surface area (Å²) in [4.78, 5) is 0. The van der Waals surface area contributed by atoms with E-state index in [1.165, 1.54) is 0 Å². The molecule has 0 aliphatic carbocycles. The number of benzene rings is 1. The first kappa shape index (κ1) is 11.3. The Labute approximate surface area is 94.4 Å². The summed E-state index contributed by atoms with van der Waals surface area (Å²) in [6.45, 7) is 2.02. The van der Waals surface area contributed by atoms with Crippen molar-refractivity contribution in [3.63, 3.8) is 0 Å². The summed E-state index contributed by atoms with van der Waals surface area (Å²) in [5.74, 6) is 0.934. The van der Waals surface area contributed by atoms with Crippen molar-refractivity contribution >= 4 is 39.0 Å². The van der Waals surface area contributed by atoms with Gasteiger partial charge in [-0.3, -0.25) is 0 Å². The third-order valence-corrected chi connectivity index (χ3v) is 1.85. The molecule has 0 atom stereocenters. The number of aryl methyl sites for hydroxylation is 1. The van der Waals surface area contributed by atoms with Crippen molar-refractivity contribution in [2.75, 3.05) is 7.11 Å². The molecule has 58 valence electrons. The van der Waals surface area contributed by atoms with Crippen molar-refractivity contribution < 1.29 is 7.59 Å². The first-order valence-corrected chi connectivity index (χ1v) is 3.83. The number of halogens is 1. The van der Waals surface area contributed by atoms with E-state index in [-0.39, 0.29) is 25.9 Å². The third kappa shape index (κ3) is 3.01. The van der Waals surface area contributed by atoms with Crippen LogP contribution in [0.15, 0.2) is 22.7 Å². The van der Waals surface area contributed by atoms with E-state index < -0.39 is 0 Å². The molecule has 0 saturated heterocycles. The Morgan fingerprint density at radius 2 is 2.09 bits per heavy atom. The van der Waals surface area contributed by atoms with Crippen LogP contribution >= 0.6 is 15.9 Å². The van der Waals surface area contributed by atoms with Crippen LogP contribution in [0.4, 0.5) is 0 Å². The van der Waals surface area contributed by atoms with Crippen LogP contribution in [0.25, 0.3) is 0 Å². The van der Waals surface area contributed by atoms with E-state index in [1.54, 1.807) is 7.11 Å². The second kappa shape index (κ2) is 5.01. The van der Waals surface area contributed by atoms with Gasteiger partial charge in [-0.15, -0.1) is 0 Å². The molecule has 1 aromatic carbocycles. The third-order valence-electron chi connectivity index (χ3n) is 1.36. The van der Waals surface area contributed by atoms with Gasteiger partial charge in [0, 0.05) is 4.47 Å². The molecule has 1 rings (SSSR count). The monoisotopic (exact) mass is 226 g/mol. The molecule has 11 heavy (non-hydrogen) atoms. The van der Waals surface area contributed by atoms with Crippen LogP contribution < -0.4 is 4.74 Å². The van der Waals surface area contributed by atoms with E-state index in [1.807, 2.05) is 25.1 Å². The summed E-state index contributed by atoms with van der Waals surface area (Å²) < 4.78 is 6.17. The van der Waals surface area contributed by atoms with Gasteiger partial charge in [-0.2, -0.15) is 0 Å². The number of ether oxygens (including phenoxy) is 1. The first-order chi connectivity index (χ1) is 4.74. The van der Waals surface area contributed by atoms with Gasteiger partial charge in [0.05, 0.1) is 7.11 Å². The molecule has 1 aromatic rings. The van der Waals surface area contributed by atoms with E-state index in [4.69, 9.17) is 4.74 Å². The van der Waals surface area contributed by atoms with Gasteiger partial charge < -0.3 is 7.59 Å². The summed E-state index contributed by atoms with van der Waals surface area (Å²) in [6.07, 6.45) is 0. The van der Waals surface area contributed by atoms with E-state index in [0.29, 0.717) is 0 Å². The predicted octanol–water partition coefficient (Wildman–Crippen LogP) is 2.61. The smallest absolute Gasteiger partial charge is 1.00 e. The summed E-state index contributed by atoms with van der Waals surface area (Å²) in [7, 11) is 1.68. The minimum atomic E-state index is 0. The molecular weight excluding hydrogens is 216 g/mol. The van der Waals surface area contributed by atoms with Crippen molar-refractivity contribution in [1.82, 2.24) is 0 Å². The molecule has 0 N–H and O–H groups in total. The summed E-state index contributed by atoms with van der Waals surface area (Å²) >= 11 is 3.37. The Bertz CT molecular complexity index is 246. The molecule has 0 aliphatic rings. The van der Waals surface area contributed by atoms with E-state index in [9.17, 15) is 0 Å². The number of hydrogen-bond acceptors (Lipinski definition) is 1. The van der Waals surface area contributed by atoms with E-state index in [0.717, 1.165) is 15.8 Å². The van der Waals surface area contributed by atoms with E-state index in [2.05, 4.69) is 15.9 Å². The summed E-state index contributed by atoms with van der Waals surface area (Å²) in [6, 6.07) is 5.93. The second-order valence-corrected chi connectivity index (χ2v) is 3.03. The van der Waals surface area contributed by atoms with E-state index >= 15 is 0 Å². The molecule has 0 aromatic heterocycles. The van der Waals surface area contributed by atoms with Gasteiger partial charge in [-0.1, -0.05) is 15.9 Å². The van der Waals surface area contributed by atoms with Crippen LogP contribution in [0.3, 0.4) is 0 Å². The Balaban J connectivity index is -0.000000333. The van der Waals surface area contributed by atoms with Gasteiger partial charge in [0.15, 0.2) is 0 Å². The van der Waals surface area contributed by atoms with Gasteiger partial charge in [0.2, 0.25) is 0 Å². The van der Waals surface area contributed by atoms with Crippen LogP contribution in [-0.2, 0) is 0 Å². The Kier molecular flexibility index (Phi) is 5.13. The molecule has 0 bridgehead atoms. The Morgan fingerprint density at radius 3 is 2.55 bits per heavy atom. The number of methoxy groups -OCH3 is 1. The molecule has 0 radical (unpaired) electrons. The van der Waals surface area contributed by atoms with Crippen LogP contribution in [0, 0.1) is 6.92 Å². The molecule has 0 saturated carbocycles. The average molecular weight is 227 g/mol. The second-order valence-electron chi connectivity index (χ2n) is 2.11. The Hall–Kier alpha value is 0.266. The number of hydrogen-bond donors (Lipinski definition) is 0. The SMILES string of the molecule is COc1ccc(Br)cc1C.[H-].[H-].[Mg+2]. The van der Waals surface area contributed by atoms with Gasteiger partial charge in [0.1, 0.15) is 5.75 Å². The average Bonchev–Trinajstić information content (AvgIpc) is 1.88. The van der Waals surface area contributed by atoms with Gasteiger partial charge >= 0.3 is 23.1 Å². The molecule has 0 heterocycles. The maximum atomic E-state index is 5.08. The molecule has 0 fully saturated rings. The molecule has 1 nitrogen and oxygen atoms in total. The largest absolute Gasteiger partial charge is 2.00 e. The Morgan fingerprint density at radius 1 is 1.45 bits per heavy atom. The molecule has 0 amide bonds. The maximum absolute atomic E-state index is 5.08. The molecule has 0 unspecified atom stereocenters. The standard InChI is InChI=1S/C8H9BrO.Mg.2H/c1-6-5-7(9)3-4-8(6)10-2;;;/h3-5H,1-2H3;;;/q;+2;2*-1. The molecule has 3 heteroatoms. The van der Waals surface area contributed by atoms with Crippen molar-refractivity contribution in [3.8, 4) is 5.75 Å². The normalized spacial score (nSPS) is 8.64. The van der Waals surface area contributed by atoms with Gasteiger partial charge in [-0.25, -0.2) is 0 Å². The first-order valence-electron chi connectivity index (χ1n) is 3.04. The fourth-order valence-electron chi connectivity index (χ4n) is 0.842. The van der Waals surface area contributed by atoms with Gasteiger partial charge in [-0.05, 0) is 30.7 Å². The van der Waals surface area contributed by atoms with Crippen molar-refractivity contribution in [2.45, 2.75) is 6.92 Å². The topological polar surface area (TPSA) is 9.23 Å². The predicted molar refractivity (Wildman–Crippen MR) is 53.4 cm³/mol. The quantitative estimate of drug-likeness (QED) is 0.670. The van der Waals surface area contributed by atoms with Crippen LogP contribution in [0.5, 0.6) is 5.75 Å². The molecular formula is C8H11BrMgO. The minimum Gasteiger partial charge on any atom is -1.00 e. The van der Waals surface area contributed by atoms with Crippen LogP contribution in [-0.4, -0.2) is 30.2 Å². The summed E-state index contributed by atoms with van der Waals surface area (Å²) in [5.41, 5.74) is 1.15. The van der Waals surface area contributed by atoms with Crippen LogP contribution in [0.1, 0.15) is 8.42 Å². The maximum Gasteiger partial charge on any atom is 2.00 e. The zero-order chi connectivity index (χ0) is 7.56. The fourth-order valence-corrected chi connectivity index (χ4v) is 1.32. The molecule has 0 spiro atoms. The summed E-state index contributed by atoms with van der Waals surface area (Å²) in [5, 5.41) is 0. The zero-order valence-electron chi connectivity index (χ0n) is 8.73. The fraction of sp³-hybridized carbons (Fsp3) is 0.250.